The zero-order valence-electron chi connectivity index (χ0n) is 12.0. The first kappa shape index (κ1) is 14.2. The second kappa shape index (κ2) is 6.37. The fourth-order valence-electron chi connectivity index (χ4n) is 2.57. The molecule has 1 atom stereocenters. The summed E-state index contributed by atoms with van der Waals surface area (Å²) in [7, 11) is 0. The molecule has 5 heteroatoms. The molecule has 110 valence electrons. The van der Waals surface area contributed by atoms with Crippen molar-refractivity contribution in [3.63, 3.8) is 0 Å². The molecule has 0 bridgehead atoms. The molecule has 1 aliphatic rings. The zero-order chi connectivity index (χ0) is 14.7. The summed E-state index contributed by atoms with van der Waals surface area (Å²) in [4.78, 5) is 16.3. The van der Waals surface area contributed by atoms with Gasteiger partial charge in [0.15, 0.2) is 0 Å². The monoisotopic (exact) mass is 302 g/mol. The van der Waals surface area contributed by atoms with Crippen LogP contribution in [0.25, 0.3) is 0 Å². The van der Waals surface area contributed by atoms with Crippen LogP contribution >= 0.6 is 11.3 Å². The molecule has 1 aromatic carbocycles. The molecule has 1 aliphatic heterocycles. The third kappa shape index (κ3) is 3.49. The lowest BCUT2D eigenvalue weighted by Gasteiger charge is -2.26. The standard InChI is InChI=1S/C16H18N2O2S/c1-11-18-13(10-21-11)8-16(19)17-9-15-14-5-3-2-4-12(14)6-7-20-15/h2-5,10,15H,6-9H2,1H3,(H,17,19). The van der Waals surface area contributed by atoms with E-state index in [2.05, 4.69) is 22.4 Å². The summed E-state index contributed by atoms with van der Waals surface area (Å²) in [6.07, 6.45) is 1.23. The maximum Gasteiger partial charge on any atom is 0.226 e. The second-order valence-corrected chi connectivity index (χ2v) is 6.21. The van der Waals surface area contributed by atoms with E-state index >= 15 is 0 Å². The van der Waals surface area contributed by atoms with Gasteiger partial charge in [-0.25, -0.2) is 4.98 Å². The van der Waals surface area contributed by atoms with Crippen LogP contribution in [0.4, 0.5) is 0 Å². The van der Waals surface area contributed by atoms with E-state index in [0.717, 1.165) is 17.1 Å². The van der Waals surface area contributed by atoms with Crippen LogP contribution in [0.5, 0.6) is 0 Å². The molecule has 0 saturated carbocycles. The van der Waals surface area contributed by atoms with Gasteiger partial charge in [-0.2, -0.15) is 0 Å². The van der Waals surface area contributed by atoms with E-state index in [4.69, 9.17) is 4.74 Å². The van der Waals surface area contributed by atoms with Gasteiger partial charge in [-0.05, 0) is 24.5 Å². The number of nitrogens with zero attached hydrogens (tertiary/aromatic N) is 1. The molecule has 1 aromatic heterocycles. The SMILES string of the molecule is Cc1nc(CC(=O)NCC2OCCc3ccccc32)cs1. The first-order chi connectivity index (χ1) is 10.2. The number of ether oxygens (including phenoxy) is 1. The molecule has 4 nitrogen and oxygen atoms in total. The molecule has 0 aliphatic carbocycles. The van der Waals surface area contributed by atoms with Crippen LogP contribution in [0.1, 0.15) is 27.9 Å². The molecule has 1 amide bonds. The Hall–Kier alpha value is -1.72. The Morgan fingerprint density at radius 2 is 2.33 bits per heavy atom. The number of hydrogen-bond donors (Lipinski definition) is 1. The zero-order valence-corrected chi connectivity index (χ0v) is 12.8. The summed E-state index contributed by atoms with van der Waals surface area (Å²) in [6.45, 7) is 3.17. The Morgan fingerprint density at radius 3 is 3.14 bits per heavy atom. The average Bonchev–Trinajstić information content (AvgIpc) is 2.90. The van der Waals surface area contributed by atoms with E-state index in [0.29, 0.717) is 19.6 Å². The molecule has 0 radical (unpaired) electrons. The van der Waals surface area contributed by atoms with E-state index < -0.39 is 0 Å². The topological polar surface area (TPSA) is 51.2 Å². The number of fused-ring (bicyclic) bond motifs is 1. The average molecular weight is 302 g/mol. The summed E-state index contributed by atoms with van der Waals surface area (Å²) in [5.41, 5.74) is 3.34. The number of nitrogens with one attached hydrogen (secondary N) is 1. The van der Waals surface area contributed by atoms with Crippen LogP contribution in [-0.4, -0.2) is 24.0 Å². The lowest BCUT2D eigenvalue weighted by atomic mass is 9.97. The van der Waals surface area contributed by atoms with Crippen LogP contribution in [0.3, 0.4) is 0 Å². The second-order valence-electron chi connectivity index (χ2n) is 5.15. The van der Waals surface area contributed by atoms with E-state index in [1.54, 1.807) is 11.3 Å². The highest BCUT2D eigenvalue weighted by molar-refractivity contribution is 7.09. The summed E-state index contributed by atoms with van der Waals surface area (Å²) >= 11 is 1.57. The van der Waals surface area contributed by atoms with Crippen molar-refractivity contribution < 1.29 is 9.53 Å². The van der Waals surface area contributed by atoms with E-state index in [9.17, 15) is 4.79 Å². The van der Waals surface area contributed by atoms with E-state index in [1.165, 1.54) is 11.1 Å². The Morgan fingerprint density at radius 1 is 1.48 bits per heavy atom. The lowest BCUT2D eigenvalue weighted by molar-refractivity contribution is -0.121. The van der Waals surface area contributed by atoms with Crippen molar-refractivity contribution in [1.82, 2.24) is 10.3 Å². The van der Waals surface area contributed by atoms with Crippen LogP contribution < -0.4 is 5.32 Å². The number of carbonyl (C=O) groups excluding carboxylic acids is 1. The van der Waals surface area contributed by atoms with Crippen molar-refractivity contribution in [2.24, 2.45) is 0 Å². The van der Waals surface area contributed by atoms with Crippen molar-refractivity contribution in [2.45, 2.75) is 25.9 Å². The van der Waals surface area contributed by atoms with Gasteiger partial charge in [0.05, 0.1) is 23.7 Å². The quantitative estimate of drug-likeness (QED) is 0.943. The fraction of sp³-hybridized carbons (Fsp3) is 0.375. The molecule has 0 spiro atoms. The Bertz CT molecular complexity index is 639. The fourth-order valence-corrected chi connectivity index (χ4v) is 3.18. The van der Waals surface area contributed by atoms with Crippen molar-refractivity contribution >= 4 is 17.2 Å². The molecule has 2 heterocycles. The lowest BCUT2D eigenvalue weighted by Crippen LogP contribution is -2.32. The number of thiazole rings is 1. The minimum Gasteiger partial charge on any atom is -0.371 e. The highest BCUT2D eigenvalue weighted by atomic mass is 32.1. The number of rotatable bonds is 4. The first-order valence-corrected chi connectivity index (χ1v) is 7.97. The van der Waals surface area contributed by atoms with Gasteiger partial charge >= 0.3 is 0 Å². The predicted octanol–water partition coefficient (Wildman–Crippen LogP) is 2.42. The van der Waals surface area contributed by atoms with E-state index in [-0.39, 0.29) is 12.0 Å². The summed E-state index contributed by atoms with van der Waals surface area (Å²) in [5.74, 6) is -0.00745. The Balaban J connectivity index is 1.57. The van der Waals surface area contributed by atoms with Crippen molar-refractivity contribution in [1.29, 1.82) is 0 Å². The molecule has 0 fully saturated rings. The summed E-state index contributed by atoms with van der Waals surface area (Å²) in [6, 6.07) is 8.27. The number of benzene rings is 1. The summed E-state index contributed by atoms with van der Waals surface area (Å²) < 4.78 is 5.78. The van der Waals surface area contributed by atoms with Gasteiger partial charge in [-0.1, -0.05) is 24.3 Å². The molecule has 2 aromatic rings. The number of aryl methyl sites for hydroxylation is 1. The van der Waals surface area contributed by atoms with Gasteiger partial charge in [0.2, 0.25) is 5.91 Å². The Labute approximate surface area is 128 Å². The maximum atomic E-state index is 12.0. The summed E-state index contributed by atoms with van der Waals surface area (Å²) in [5, 5.41) is 5.87. The molecule has 1 unspecified atom stereocenters. The maximum absolute atomic E-state index is 12.0. The molecule has 3 rings (SSSR count). The molecule has 1 N–H and O–H groups in total. The molecule has 0 saturated heterocycles. The van der Waals surface area contributed by atoms with Crippen LogP contribution in [0.2, 0.25) is 0 Å². The molecular formula is C16H18N2O2S. The Kier molecular flexibility index (Phi) is 4.31. The minimum absolute atomic E-state index is 0.00745. The van der Waals surface area contributed by atoms with Crippen molar-refractivity contribution in [3.8, 4) is 0 Å². The highest BCUT2D eigenvalue weighted by Crippen LogP contribution is 2.26. The number of amides is 1. The van der Waals surface area contributed by atoms with Gasteiger partial charge < -0.3 is 10.1 Å². The minimum atomic E-state index is -0.0453. The normalized spacial score (nSPS) is 17.3. The third-order valence-corrected chi connectivity index (χ3v) is 4.41. The smallest absolute Gasteiger partial charge is 0.226 e. The first-order valence-electron chi connectivity index (χ1n) is 7.09. The predicted molar refractivity (Wildman–Crippen MR) is 82.4 cm³/mol. The largest absolute Gasteiger partial charge is 0.371 e. The highest BCUT2D eigenvalue weighted by Gasteiger charge is 2.20. The third-order valence-electron chi connectivity index (χ3n) is 3.59. The van der Waals surface area contributed by atoms with Gasteiger partial charge in [0, 0.05) is 11.9 Å². The van der Waals surface area contributed by atoms with Crippen LogP contribution in [0.15, 0.2) is 29.6 Å². The molecule has 21 heavy (non-hydrogen) atoms. The van der Waals surface area contributed by atoms with Crippen molar-refractivity contribution in [2.75, 3.05) is 13.2 Å². The van der Waals surface area contributed by atoms with Crippen molar-refractivity contribution in [3.05, 3.63) is 51.5 Å². The van der Waals surface area contributed by atoms with Crippen LogP contribution in [-0.2, 0) is 22.4 Å². The number of carbonyl (C=O) groups is 1. The van der Waals surface area contributed by atoms with E-state index in [1.807, 2.05) is 24.4 Å². The van der Waals surface area contributed by atoms with Gasteiger partial charge in [-0.15, -0.1) is 11.3 Å². The van der Waals surface area contributed by atoms with Crippen LogP contribution in [0, 0.1) is 6.92 Å². The number of aromatic nitrogens is 1. The van der Waals surface area contributed by atoms with Gasteiger partial charge in [0.1, 0.15) is 6.10 Å². The number of hydrogen-bond acceptors (Lipinski definition) is 4. The molecular weight excluding hydrogens is 284 g/mol. The van der Waals surface area contributed by atoms with Gasteiger partial charge in [-0.3, -0.25) is 4.79 Å². The van der Waals surface area contributed by atoms with Gasteiger partial charge in [0.25, 0.3) is 0 Å².